The number of aliphatic hydroxyl groups is 1. The van der Waals surface area contributed by atoms with Crippen molar-refractivity contribution in [2.75, 3.05) is 6.61 Å². The van der Waals surface area contributed by atoms with Crippen LogP contribution in [0.5, 0.6) is 0 Å². The molecule has 3 rings (SSSR count). The topological polar surface area (TPSA) is 49.3 Å². The zero-order valence-electron chi connectivity index (χ0n) is 12.0. The Morgan fingerprint density at radius 3 is 2.47 bits per heavy atom. The molecule has 4 atom stereocenters. The lowest BCUT2D eigenvalue weighted by atomic mass is 9.76. The molecule has 2 N–H and O–H groups in total. The van der Waals surface area contributed by atoms with E-state index in [2.05, 4.69) is 12.2 Å². The maximum atomic E-state index is 12.5. The van der Waals surface area contributed by atoms with Gasteiger partial charge in [-0.3, -0.25) is 4.79 Å². The molecule has 0 bridgehead atoms. The van der Waals surface area contributed by atoms with E-state index in [0.717, 1.165) is 19.3 Å². The fourth-order valence-electron chi connectivity index (χ4n) is 4.68. The molecule has 0 radical (unpaired) electrons. The normalized spacial score (nSPS) is 45.4. The Kier molecular flexibility index (Phi) is 3.59. The number of hydrogen-bond acceptors (Lipinski definition) is 2. The molecule has 1 amide bonds. The van der Waals surface area contributed by atoms with Crippen LogP contribution in [0, 0.1) is 23.7 Å². The van der Waals surface area contributed by atoms with E-state index in [-0.39, 0.29) is 24.0 Å². The van der Waals surface area contributed by atoms with Crippen molar-refractivity contribution < 1.29 is 9.90 Å². The van der Waals surface area contributed by atoms with E-state index in [4.69, 9.17) is 0 Å². The van der Waals surface area contributed by atoms with Crippen LogP contribution in [-0.4, -0.2) is 23.2 Å². The molecule has 108 valence electrons. The summed E-state index contributed by atoms with van der Waals surface area (Å²) in [4.78, 5) is 12.5. The van der Waals surface area contributed by atoms with Crippen LogP contribution in [0.15, 0.2) is 0 Å². The number of carbonyl (C=O) groups excluding carboxylic acids is 1. The molecule has 0 aromatic rings. The van der Waals surface area contributed by atoms with Crippen LogP contribution in [0.1, 0.15) is 58.3 Å². The smallest absolute Gasteiger partial charge is 0.224 e. The third kappa shape index (κ3) is 2.54. The molecule has 0 aliphatic heterocycles. The zero-order valence-corrected chi connectivity index (χ0v) is 12.0. The van der Waals surface area contributed by atoms with Gasteiger partial charge in [-0.15, -0.1) is 0 Å². The summed E-state index contributed by atoms with van der Waals surface area (Å²) in [6.07, 6.45) is 9.32. The summed E-state index contributed by atoms with van der Waals surface area (Å²) in [6.45, 7) is 2.33. The highest BCUT2D eigenvalue weighted by Crippen LogP contribution is 2.55. The molecule has 0 spiro atoms. The quantitative estimate of drug-likeness (QED) is 0.823. The van der Waals surface area contributed by atoms with Gasteiger partial charge in [0.05, 0.1) is 12.1 Å². The van der Waals surface area contributed by atoms with E-state index in [1.165, 1.54) is 32.1 Å². The van der Waals surface area contributed by atoms with Crippen LogP contribution in [-0.2, 0) is 4.79 Å². The van der Waals surface area contributed by atoms with Gasteiger partial charge in [-0.1, -0.05) is 32.6 Å². The summed E-state index contributed by atoms with van der Waals surface area (Å²) in [5, 5.41) is 13.0. The van der Waals surface area contributed by atoms with Crippen molar-refractivity contribution in [2.45, 2.75) is 63.8 Å². The SMILES string of the molecule is CC1CCCC(CO)(NC(=O)C2C3CCCCC32)C1. The maximum Gasteiger partial charge on any atom is 0.224 e. The lowest BCUT2D eigenvalue weighted by molar-refractivity contribution is -0.126. The van der Waals surface area contributed by atoms with Gasteiger partial charge in [0, 0.05) is 5.92 Å². The van der Waals surface area contributed by atoms with Crippen molar-refractivity contribution in [3.05, 3.63) is 0 Å². The van der Waals surface area contributed by atoms with Gasteiger partial charge >= 0.3 is 0 Å². The van der Waals surface area contributed by atoms with E-state index in [0.29, 0.717) is 17.8 Å². The average molecular weight is 265 g/mol. The summed E-state index contributed by atoms with van der Waals surface area (Å²) in [5.74, 6) is 2.43. The van der Waals surface area contributed by atoms with Crippen molar-refractivity contribution in [3.63, 3.8) is 0 Å². The van der Waals surface area contributed by atoms with E-state index < -0.39 is 0 Å². The summed E-state index contributed by atoms with van der Waals surface area (Å²) < 4.78 is 0. The van der Waals surface area contributed by atoms with Gasteiger partial charge in [-0.2, -0.15) is 0 Å². The Balaban J connectivity index is 1.61. The minimum atomic E-state index is -0.319. The van der Waals surface area contributed by atoms with Crippen molar-refractivity contribution in [2.24, 2.45) is 23.7 Å². The molecule has 19 heavy (non-hydrogen) atoms. The number of aliphatic hydroxyl groups excluding tert-OH is 1. The number of nitrogens with one attached hydrogen (secondary N) is 1. The standard InChI is InChI=1S/C16H27NO2/c1-11-5-4-8-16(9-11,10-18)17-15(19)14-12-6-2-3-7-13(12)14/h11-14,18H,2-10H2,1H3,(H,17,19). The molecule has 4 unspecified atom stereocenters. The van der Waals surface area contributed by atoms with E-state index in [1.54, 1.807) is 0 Å². The molecule has 3 aliphatic carbocycles. The molecule has 0 aromatic carbocycles. The largest absolute Gasteiger partial charge is 0.394 e. The Labute approximate surface area is 116 Å². The highest BCUT2D eigenvalue weighted by atomic mass is 16.3. The number of fused-ring (bicyclic) bond motifs is 1. The van der Waals surface area contributed by atoms with Gasteiger partial charge in [0.2, 0.25) is 5.91 Å². The van der Waals surface area contributed by atoms with Crippen LogP contribution >= 0.6 is 0 Å². The van der Waals surface area contributed by atoms with Gasteiger partial charge in [-0.25, -0.2) is 0 Å². The van der Waals surface area contributed by atoms with E-state index >= 15 is 0 Å². The lowest BCUT2D eigenvalue weighted by Gasteiger charge is -2.39. The minimum absolute atomic E-state index is 0.102. The second-order valence-corrected chi connectivity index (χ2v) is 7.27. The number of rotatable bonds is 3. The van der Waals surface area contributed by atoms with Gasteiger partial charge < -0.3 is 10.4 Å². The third-order valence-electron chi connectivity index (χ3n) is 5.74. The van der Waals surface area contributed by atoms with Crippen LogP contribution in [0.3, 0.4) is 0 Å². The van der Waals surface area contributed by atoms with Crippen molar-refractivity contribution in [3.8, 4) is 0 Å². The maximum absolute atomic E-state index is 12.5. The Morgan fingerprint density at radius 1 is 1.21 bits per heavy atom. The first-order chi connectivity index (χ1) is 9.15. The minimum Gasteiger partial charge on any atom is -0.394 e. The van der Waals surface area contributed by atoms with Crippen LogP contribution in [0.4, 0.5) is 0 Å². The predicted molar refractivity (Wildman–Crippen MR) is 74.5 cm³/mol. The molecule has 3 fully saturated rings. The Hall–Kier alpha value is -0.570. The molecule has 3 aliphatic rings. The van der Waals surface area contributed by atoms with Crippen LogP contribution < -0.4 is 5.32 Å². The van der Waals surface area contributed by atoms with Gasteiger partial charge in [0.1, 0.15) is 0 Å². The highest BCUT2D eigenvalue weighted by molar-refractivity contribution is 5.83. The monoisotopic (exact) mass is 265 g/mol. The third-order valence-corrected chi connectivity index (χ3v) is 5.74. The first-order valence-electron chi connectivity index (χ1n) is 8.08. The number of hydrogen-bond donors (Lipinski definition) is 2. The van der Waals surface area contributed by atoms with Crippen molar-refractivity contribution in [1.82, 2.24) is 5.32 Å². The van der Waals surface area contributed by atoms with Crippen molar-refractivity contribution >= 4 is 5.91 Å². The number of amides is 1. The van der Waals surface area contributed by atoms with Gasteiger partial charge in [0.15, 0.2) is 0 Å². The first-order valence-corrected chi connectivity index (χ1v) is 8.08. The molecular weight excluding hydrogens is 238 g/mol. The fourth-order valence-corrected chi connectivity index (χ4v) is 4.68. The lowest BCUT2D eigenvalue weighted by Crippen LogP contribution is -2.54. The molecule has 3 saturated carbocycles. The highest BCUT2D eigenvalue weighted by Gasteiger charge is 2.55. The second kappa shape index (κ2) is 5.08. The molecule has 0 saturated heterocycles. The summed E-state index contributed by atoms with van der Waals surface area (Å²) in [6, 6.07) is 0. The number of carbonyl (C=O) groups is 1. The predicted octanol–water partition coefficient (Wildman–Crippen LogP) is 2.48. The Morgan fingerprint density at radius 2 is 1.89 bits per heavy atom. The van der Waals surface area contributed by atoms with Crippen LogP contribution in [0.25, 0.3) is 0 Å². The molecule has 3 heteroatoms. The molecule has 3 nitrogen and oxygen atoms in total. The van der Waals surface area contributed by atoms with Crippen LogP contribution in [0.2, 0.25) is 0 Å². The summed E-state index contributed by atoms with van der Waals surface area (Å²) in [7, 11) is 0. The molecule has 0 aromatic heterocycles. The van der Waals surface area contributed by atoms with Gasteiger partial charge in [-0.05, 0) is 43.4 Å². The average Bonchev–Trinajstić information content (AvgIpc) is 3.13. The first kappa shape index (κ1) is 13.4. The zero-order chi connectivity index (χ0) is 13.5. The second-order valence-electron chi connectivity index (χ2n) is 7.27. The molecular formula is C16H27NO2. The van der Waals surface area contributed by atoms with E-state index in [1.807, 2.05) is 0 Å². The van der Waals surface area contributed by atoms with Crippen molar-refractivity contribution in [1.29, 1.82) is 0 Å². The van der Waals surface area contributed by atoms with E-state index in [9.17, 15) is 9.90 Å². The fraction of sp³-hybridized carbons (Fsp3) is 0.938. The Bertz CT molecular complexity index is 345. The summed E-state index contributed by atoms with van der Waals surface area (Å²) >= 11 is 0. The van der Waals surface area contributed by atoms with Gasteiger partial charge in [0.25, 0.3) is 0 Å². The summed E-state index contributed by atoms with van der Waals surface area (Å²) in [5.41, 5.74) is -0.319. The molecule has 0 heterocycles.